The number of carbonyl (C=O) groups excluding carboxylic acids is 2. The predicted octanol–water partition coefficient (Wildman–Crippen LogP) is 2.22. The first kappa shape index (κ1) is 17.3. The van der Waals surface area contributed by atoms with E-state index in [0.29, 0.717) is 24.8 Å². The molecule has 0 saturated heterocycles. The van der Waals surface area contributed by atoms with Gasteiger partial charge >= 0.3 is 0 Å². The first-order valence-corrected chi connectivity index (χ1v) is 8.29. The molecular weight excluding hydrogens is 292 g/mol. The molecule has 0 aromatic heterocycles. The topological polar surface area (TPSA) is 67.4 Å². The minimum atomic E-state index is -0.570. The molecule has 2 rings (SSSR count). The molecule has 0 radical (unpaired) electrons. The molecule has 0 heterocycles. The average molecular weight is 318 g/mol. The molecule has 2 amide bonds. The summed E-state index contributed by atoms with van der Waals surface area (Å²) in [7, 11) is 0. The average Bonchev–Trinajstić information content (AvgIpc) is 3.36. The summed E-state index contributed by atoms with van der Waals surface area (Å²) in [5, 5.41) is 5.58. The Morgan fingerprint density at radius 2 is 1.70 bits per heavy atom. The van der Waals surface area contributed by atoms with Crippen LogP contribution in [0, 0.1) is 5.92 Å². The SMILES string of the molecule is CC(Oc1ccc(C(C)C)cc1)C(=O)NCCNC(=O)C1CC1. The van der Waals surface area contributed by atoms with E-state index in [-0.39, 0.29) is 17.7 Å². The van der Waals surface area contributed by atoms with Crippen molar-refractivity contribution in [2.45, 2.75) is 45.6 Å². The minimum absolute atomic E-state index is 0.0915. The smallest absolute Gasteiger partial charge is 0.260 e. The standard InChI is InChI=1S/C18H26N2O3/c1-12(2)14-6-8-16(9-7-14)23-13(3)17(21)19-10-11-20-18(22)15-4-5-15/h6-9,12-13,15H,4-5,10-11H2,1-3H3,(H,19,21)(H,20,22). The lowest BCUT2D eigenvalue weighted by molar-refractivity contribution is -0.127. The van der Waals surface area contributed by atoms with Crippen molar-refractivity contribution in [3.63, 3.8) is 0 Å². The van der Waals surface area contributed by atoms with Gasteiger partial charge in [0.1, 0.15) is 5.75 Å². The Labute approximate surface area is 137 Å². The zero-order chi connectivity index (χ0) is 16.8. The van der Waals surface area contributed by atoms with E-state index in [1.165, 1.54) is 5.56 Å². The van der Waals surface area contributed by atoms with Crippen molar-refractivity contribution >= 4 is 11.8 Å². The lowest BCUT2D eigenvalue weighted by Crippen LogP contribution is -2.41. The van der Waals surface area contributed by atoms with Gasteiger partial charge in [0.2, 0.25) is 5.91 Å². The second kappa shape index (κ2) is 7.99. The number of benzene rings is 1. The Balaban J connectivity index is 1.68. The van der Waals surface area contributed by atoms with Crippen molar-refractivity contribution in [1.82, 2.24) is 10.6 Å². The molecule has 1 fully saturated rings. The van der Waals surface area contributed by atoms with E-state index in [9.17, 15) is 9.59 Å². The summed E-state index contributed by atoms with van der Waals surface area (Å²) in [5.74, 6) is 1.25. The van der Waals surface area contributed by atoms with Crippen LogP contribution >= 0.6 is 0 Å². The van der Waals surface area contributed by atoms with E-state index in [1.807, 2.05) is 24.3 Å². The van der Waals surface area contributed by atoms with Gasteiger partial charge in [0.25, 0.3) is 5.91 Å². The molecule has 1 atom stereocenters. The van der Waals surface area contributed by atoms with Gasteiger partial charge in [0.15, 0.2) is 6.10 Å². The van der Waals surface area contributed by atoms with E-state index in [0.717, 1.165) is 12.8 Å². The summed E-state index contributed by atoms with van der Waals surface area (Å²) in [6, 6.07) is 7.79. The Kier molecular flexibility index (Phi) is 6.02. The van der Waals surface area contributed by atoms with Gasteiger partial charge in [-0.3, -0.25) is 9.59 Å². The lowest BCUT2D eigenvalue weighted by atomic mass is 10.0. The molecule has 1 aromatic rings. The fraction of sp³-hybridized carbons (Fsp3) is 0.556. The second-order valence-corrected chi connectivity index (χ2v) is 6.34. The van der Waals surface area contributed by atoms with Gasteiger partial charge in [-0.1, -0.05) is 26.0 Å². The van der Waals surface area contributed by atoms with Crippen LogP contribution in [0.4, 0.5) is 0 Å². The molecule has 1 unspecified atom stereocenters. The van der Waals surface area contributed by atoms with Crippen LogP contribution in [0.3, 0.4) is 0 Å². The van der Waals surface area contributed by atoms with Crippen molar-refractivity contribution < 1.29 is 14.3 Å². The maximum atomic E-state index is 12.0. The van der Waals surface area contributed by atoms with Crippen molar-refractivity contribution in [3.8, 4) is 5.75 Å². The number of amides is 2. The van der Waals surface area contributed by atoms with E-state index in [1.54, 1.807) is 6.92 Å². The van der Waals surface area contributed by atoms with E-state index in [2.05, 4.69) is 24.5 Å². The highest BCUT2D eigenvalue weighted by molar-refractivity contribution is 5.81. The third-order valence-electron chi connectivity index (χ3n) is 3.90. The zero-order valence-electron chi connectivity index (χ0n) is 14.1. The molecule has 126 valence electrons. The van der Waals surface area contributed by atoms with Gasteiger partial charge in [0.05, 0.1) is 0 Å². The molecule has 1 aromatic carbocycles. The third kappa shape index (κ3) is 5.58. The second-order valence-electron chi connectivity index (χ2n) is 6.34. The van der Waals surface area contributed by atoms with E-state index < -0.39 is 6.10 Å². The highest BCUT2D eigenvalue weighted by atomic mass is 16.5. The van der Waals surface area contributed by atoms with Gasteiger partial charge < -0.3 is 15.4 Å². The van der Waals surface area contributed by atoms with Crippen molar-refractivity contribution in [1.29, 1.82) is 0 Å². The first-order chi connectivity index (χ1) is 11.0. The number of ether oxygens (including phenoxy) is 1. The number of hydrogen-bond donors (Lipinski definition) is 2. The van der Waals surface area contributed by atoms with Crippen LogP contribution in [0.5, 0.6) is 5.75 Å². The normalized spacial score (nSPS) is 15.1. The molecule has 1 aliphatic rings. The van der Waals surface area contributed by atoms with Crippen LogP contribution in [0.15, 0.2) is 24.3 Å². The van der Waals surface area contributed by atoms with Crippen molar-refractivity contribution in [3.05, 3.63) is 29.8 Å². The lowest BCUT2D eigenvalue weighted by Gasteiger charge is -2.15. The molecule has 2 N–H and O–H groups in total. The van der Waals surface area contributed by atoms with E-state index >= 15 is 0 Å². The van der Waals surface area contributed by atoms with Crippen LogP contribution in [0.2, 0.25) is 0 Å². The van der Waals surface area contributed by atoms with Gasteiger partial charge in [-0.2, -0.15) is 0 Å². The number of hydrogen-bond acceptors (Lipinski definition) is 3. The van der Waals surface area contributed by atoms with Gasteiger partial charge in [0, 0.05) is 19.0 Å². The van der Waals surface area contributed by atoms with Crippen molar-refractivity contribution in [2.24, 2.45) is 5.92 Å². The Morgan fingerprint density at radius 3 is 2.26 bits per heavy atom. The molecule has 23 heavy (non-hydrogen) atoms. The highest BCUT2D eigenvalue weighted by Gasteiger charge is 2.29. The van der Waals surface area contributed by atoms with Crippen LogP contribution in [-0.2, 0) is 9.59 Å². The van der Waals surface area contributed by atoms with Crippen LogP contribution in [0.1, 0.15) is 45.1 Å². The van der Waals surface area contributed by atoms with Crippen LogP contribution < -0.4 is 15.4 Å². The van der Waals surface area contributed by atoms with Gasteiger partial charge in [-0.25, -0.2) is 0 Å². The van der Waals surface area contributed by atoms with Crippen LogP contribution in [0.25, 0.3) is 0 Å². The fourth-order valence-electron chi connectivity index (χ4n) is 2.19. The summed E-state index contributed by atoms with van der Waals surface area (Å²) in [4.78, 5) is 23.4. The monoisotopic (exact) mass is 318 g/mol. The molecule has 5 heteroatoms. The largest absolute Gasteiger partial charge is 0.481 e. The minimum Gasteiger partial charge on any atom is -0.481 e. The van der Waals surface area contributed by atoms with Crippen LogP contribution in [-0.4, -0.2) is 31.0 Å². The Morgan fingerprint density at radius 1 is 1.09 bits per heavy atom. The number of carbonyl (C=O) groups is 2. The first-order valence-electron chi connectivity index (χ1n) is 8.29. The molecule has 1 aliphatic carbocycles. The molecule has 0 bridgehead atoms. The molecule has 0 spiro atoms. The van der Waals surface area contributed by atoms with E-state index in [4.69, 9.17) is 4.74 Å². The number of rotatable bonds is 8. The third-order valence-corrected chi connectivity index (χ3v) is 3.90. The Hall–Kier alpha value is -2.04. The maximum absolute atomic E-state index is 12.0. The quantitative estimate of drug-likeness (QED) is 0.722. The summed E-state index contributed by atoms with van der Waals surface area (Å²) in [6.07, 6.45) is 1.40. The summed E-state index contributed by atoms with van der Waals surface area (Å²) in [6.45, 7) is 6.85. The van der Waals surface area contributed by atoms with Gasteiger partial charge in [-0.15, -0.1) is 0 Å². The zero-order valence-corrected chi connectivity index (χ0v) is 14.1. The molecular formula is C18H26N2O3. The van der Waals surface area contributed by atoms with Gasteiger partial charge in [-0.05, 0) is 43.4 Å². The highest BCUT2D eigenvalue weighted by Crippen LogP contribution is 2.28. The summed E-state index contributed by atoms with van der Waals surface area (Å²) >= 11 is 0. The predicted molar refractivity (Wildman–Crippen MR) is 89.4 cm³/mol. The molecule has 1 saturated carbocycles. The van der Waals surface area contributed by atoms with Crippen molar-refractivity contribution in [2.75, 3.05) is 13.1 Å². The number of nitrogens with one attached hydrogen (secondary N) is 2. The maximum Gasteiger partial charge on any atom is 0.260 e. The molecule has 5 nitrogen and oxygen atoms in total. The Bertz CT molecular complexity index is 536. The summed E-state index contributed by atoms with van der Waals surface area (Å²) < 4.78 is 5.64. The summed E-state index contributed by atoms with van der Waals surface area (Å²) in [5.41, 5.74) is 1.24. The fourth-order valence-corrected chi connectivity index (χ4v) is 2.19. The molecule has 0 aliphatic heterocycles.